The average molecular weight is 477 g/mol. The summed E-state index contributed by atoms with van der Waals surface area (Å²) >= 11 is 0. The molecule has 2 amide bonds. The van der Waals surface area contributed by atoms with E-state index in [9.17, 15) is 27.5 Å². The van der Waals surface area contributed by atoms with Gasteiger partial charge in [-0.25, -0.2) is 14.2 Å². The number of nitrogens with one attached hydrogen (secondary N) is 1. The van der Waals surface area contributed by atoms with E-state index < -0.39 is 24.0 Å². The Hall–Kier alpha value is -2.80. The van der Waals surface area contributed by atoms with E-state index in [0.29, 0.717) is 25.6 Å². The number of piperidine rings is 1. The number of alkyl halides is 3. The van der Waals surface area contributed by atoms with Crippen molar-refractivity contribution in [3.63, 3.8) is 0 Å². The number of likely N-dealkylation sites (tertiary alicyclic amines) is 1. The van der Waals surface area contributed by atoms with Crippen molar-refractivity contribution < 1.29 is 37.0 Å². The van der Waals surface area contributed by atoms with Crippen molar-refractivity contribution in [2.24, 2.45) is 16.8 Å². The Labute approximate surface area is 188 Å². The molecule has 2 unspecified atom stereocenters. The highest BCUT2D eigenvalue weighted by Crippen LogP contribution is 2.33. The number of amidine groups is 1. The fraction of sp³-hybridized carbons (Fsp3) is 0.600. The third-order valence-corrected chi connectivity index (χ3v) is 5.60. The number of aliphatic hydroxyl groups excluding tert-OH is 1. The van der Waals surface area contributed by atoms with Crippen molar-refractivity contribution >= 4 is 12.1 Å². The highest BCUT2D eigenvalue weighted by atomic mass is 19.4. The lowest BCUT2D eigenvalue weighted by Crippen LogP contribution is -2.57. The van der Waals surface area contributed by atoms with Crippen LogP contribution in [0.5, 0.6) is 5.75 Å². The molecule has 33 heavy (non-hydrogen) atoms. The fourth-order valence-electron chi connectivity index (χ4n) is 4.05. The number of amides is 2. The zero-order valence-corrected chi connectivity index (χ0v) is 18.0. The number of hydrogen-bond donors (Lipinski definition) is 3. The lowest BCUT2D eigenvalue weighted by Gasteiger charge is -2.42. The molecule has 9 nitrogen and oxygen atoms in total. The molecule has 3 rings (SSSR count). The number of urea groups is 1. The molecular formula is C20H27F4N5O4. The van der Waals surface area contributed by atoms with Gasteiger partial charge >= 0.3 is 18.4 Å². The van der Waals surface area contributed by atoms with E-state index in [1.807, 2.05) is 0 Å². The Balaban J connectivity index is 1.68. The van der Waals surface area contributed by atoms with Crippen LogP contribution in [0, 0.1) is 11.7 Å². The number of ether oxygens (including phenoxy) is 1. The number of carbonyl (C=O) groups excluding carboxylic acids is 1. The maximum absolute atomic E-state index is 14.2. The Kier molecular flexibility index (Phi) is 7.84. The van der Waals surface area contributed by atoms with Gasteiger partial charge in [-0.1, -0.05) is 6.07 Å². The molecular weight excluding hydrogens is 450 g/mol. The van der Waals surface area contributed by atoms with Crippen LogP contribution in [-0.2, 0) is 11.4 Å². The molecule has 184 valence electrons. The molecule has 0 aromatic heterocycles. The number of aliphatic hydroxyl groups is 1. The molecule has 4 N–H and O–H groups in total. The summed E-state index contributed by atoms with van der Waals surface area (Å²) < 4.78 is 54.8. The van der Waals surface area contributed by atoms with Crippen LogP contribution < -0.4 is 16.0 Å². The molecule has 2 aliphatic rings. The van der Waals surface area contributed by atoms with Gasteiger partial charge in [-0.15, -0.1) is 13.2 Å². The molecule has 1 aromatic carbocycles. The molecule has 2 fully saturated rings. The van der Waals surface area contributed by atoms with E-state index in [4.69, 9.17) is 10.7 Å². The highest BCUT2D eigenvalue weighted by Gasteiger charge is 2.41. The highest BCUT2D eigenvalue weighted by molar-refractivity contribution is 5.76. The molecule has 1 heterocycles. The smallest absolute Gasteiger partial charge is 0.406 e. The summed E-state index contributed by atoms with van der Waals surface area (Å²) in [7, 11) is 1.52. The van der Waals surface area contributed by atoms with Crippen molar-refractivity contribution in [3.8, 4) is 5.75 Å². The van der Waals surface area contributed by atoms with Crippen LogP contribution in [0.4, 0.5) is 22.4 Å². The second kappa shape index (κ2) is 10.4. The largest absolute Gasteiger partial charge is 0.573 e. The van der Waals surface area contributed by atoms with Gasteiger partial charge in [0.15, 0.2) is 0 Å². The van der Waals surface area contributed by atoms with Crippen LogP contribution >= 0.6 is 0 Å². The zero-order valence-electron chi connectivity index (χ0n) is 18.0. The standard InChI is InChI=1S/C20H27F4N5O4/c1-26-19(33-25)28-9-12(11-30)6-15(10-28)29(14-3-4-14)18(31)27-8-13-2-5-16(7-17(13)21)32-20(22,23)24/h2,5,7,12,14-15,30H,3-4,6,8-11,25H2,1H3,(H,27,31). The summed E-state index contributed by atoms with van der Waals surface area (Å²) in [4.78, 5) is 25.3. The first-order valence-corrected chi connectivity index (χ1v) is 10.4. The fourth-order valence-corrected chi connectivity index (χ4v) is 4.05. The minimum atomic E-state index is -4.93. The van der Waals surface area contributed by atoms with E-state index in [1.165, 1.54) is 7.05 Å². The van der Waals surface area contributed by atoms with E-state index in [0.717, 1.165) is 25.0 Å². The number of benzene rings is 1. The Morgan fingerprint density at radius 2 is 2.06 bits per heavy atom. The Bertz CT molecular complexity index is 865. The number of rotatable bonds is 6. The minimum Gasteiger partial charge on any atom is -0.406 e. The van der Waals surface area contributed by atoms with E-state index in [-0.39, 0.29) is 42.7 Å². The summed E-state index contributed by atoms with van der Waals surface area (Å²) in [6, 6.07) is 2.23. The molecule has 1 aliphatic carbocycles. The maximum atomic E-state index is 14.2. The van der Waals surface area contributed by atoms with Crippen molar-refractivity contribution in [1.82, 2.24) is 15.1 Å². The lowest BCUT2D eigenvalue weighted by molar-refractivity contribution is -0.274. The molecule has 0 spiro atoms. The molecule has 0 bridgehead atoms. The molecule has 13 heteroatoms. The Morgan fingerprint density at radius 1 is 1.33 bits per heavy atom. The molecule has 1 aliphatic heterocycles. The van der Waals surface area contributed by atoms with Crippen molar-refractivity contribution in [1.29, 1.82) is 0 Å². The van der Waals surface area contributed by atoms with Crippen LogP contribution in [0.1, 0.15) is 24.8 Å². The predicted molar refractivity (Wildman–Crippen MR) is 109 cm³/mol. The first kappa shape index (κ1) is 24.8. The zero-order chi connectivity index (χ0) is 24.2. The van der Waals surface area contributed by atoms with Gasteiger partial charge in [-0.05, 0) is 25.3 Å². The monoisotopic (exact) mass is 477 g/mol. The summed E-state index contributed by atoms with van der Waals surface area (Å²) in [6.07, 6.45) is -2.75. The third-order valence-electron chi connectivity index (χ3n) is 5.60. The molecule has 1 aromatic rings. The lowest BCUT2D eigenvalue weighted by atomic mass is 9.94. The minimum absolute atomic E-state index is 0.00233. The van der Waals surface area contributed by atoms with Crippen LogP contribution in [0.3, 0.4) is 0 Å². The van der Waals surface area contributed by atoms with Gasteiger partial charge in [-0.2, -0.15) is 5.90 Å². The van der Waals surface area contributed by atoms with Crippen LogP contribution in [0.25, 0.3) is 0 Å². The molecule has 0 radical (unpaired) electrons. The van der Waals surface area contributed by atoms with Crippen molar-refractivity contribution in [2.75, 3.05) is 26.7 Å². The summed E-state index contributed by atoms with van der Waals surface area (Å²) in [6.45, 7) is 0.552. The second-order valence-corrected chi connectivity index (χ2v) is 8.07. The van der Waals surface area contributed by atoms with Crippen LogP contribution in [0.15, 0.2) is 23.2 Å². The number of carbonyl (C=O) groups is 1. The van der Waals surface area contributed by atoms with Crippen molar-refractivity contribution in [2.45, 2.75) is 44.3 Å². The van der Waals surface area contributed by atoms with Gasteiger partial charge in [0.25, 0.3) is 0 Å². The topological polar surface area (TPSA) is 113 Å². The number of hydrogen-bond acceptors (Lipinski definition) is 6. The predicted octanol–water partition coefficient (Wildman–Crippen LogP) is 1.96. The van der Waals surface area contributed by atoms with Gasteiger partial charge in [0, 0.05) is 56.9 Å². The van der Waals surface area contributed by atoms with Crippen LogP contribution in [0.2, 0.25) is 0 Å². The molecule has 2 atom stereocenters. The molecule has 1 saturated heterocycles. The quantitative estimate of drug-likeness (QED) is 0.250. The number of aliphatic imine (C=N–C) groups is 1. The number of nitrogens with two attached hydrogens (primary N) is 1. The van der Waals surface area contributed by atoms with Crippen LogP contribution in [-0.4, -0.2) is 72.1 Å². The van der Waals surface area contributed by atoms with E-state index >= 15 is 0 Å². The Morgan fingerprint density at radius 3 is 2.61 bits per heavy atom. The van der Waals surface area contributed by atoms with Gasteiger partial charge < -0.3 is 29.8 Å². The van der Waals surface area contributed by atoms with Gasteiger partial charge in [0.1, 0.15) is 11.6 Å². The normalized spacial score (nSPS) is 21.5. The first-order valence-electron chi connectivity index (χ1n) is 10.4. The first-order chi connectivity index (χ1) is 15.6. The summed E-state index contributed by atoms with van der Waals surface area (Å²) in [5.74, 6) is 3.55. The summed E-state index contributed by atoms with van der Waals surface area (Å²) in [5, 5.41) is 12.4. The SMILES string of the molecule is CN=C(ON)N1CC(CO)CC(N(C(=O)NCc2ccc(OC(F)(F)F)cc2F)C2CC2)C1. The second-order valence-electron chi connectivity index (χ2n) is 8.07. The van der Waals surface area contributed by atoms with Crippen molar-refractivity contribution in [3.05, 3.63) is 29.6 Å². The van der Waals surface area contributed by atoms with E-state index in [1.54, 1.807) is 9.80 Å². The summed E-state index contributed by atoms with van der Waals surface area (Å²) in [5.41, 5.74) is 0.0176. The van der Waals surface area contributed by atoms with Gasteiger partial charge in [-0.3, -0.25) is 0 Å². The average Bonchev–Trinajstić information content (AvgIpc) is 3.58. The van der Waals surface area contributed by atoms with E-state index in [2.05, 4.69) is 15.0 Å². The van der Waals surface area contributed by atoms with Gasteiger partial charge in [0.2, 0.25) is 0 Å². The molecule has 1 saturated carbocycles. The maximum Gasteiger partial charge on any atom is 0.573 e. The van der Waals surface area contributed by atoms with Gasteiger partial charge in [0.05, 0.1) is 6.04 Å². The number of halogens is 4. The number of nitrogens with zero attached hydrogens (tertiary/aromatic N) is 3. The third kappa shape index (κ3) is 6.60.